The van der Waals surface area contributed by atoms with Gasteiger partial charge in [0.1, 0.15) is 24.6 Å². The van der Waals surface area contributed by atoms with Gasteiger partial charge in [-0.3, -0.25) is 0 Å². The van der Waals surface area contributed by atoms with E-state index in [0.29, 0.717) is 6.29 Å². The van der Waals surface area contributed by atoms with E-state index >= 15 is 0 Å². The van der Waals surface area contributed by atoms with E-state index < -0.39 is 51.9 Å². The number of hydrogen-bond acceptors (Lipinski definition) is 7. The van der Waals surface area contributed by atoms with Gasteiger partial charge in [-0.1, -0.05) is 48.0 Å². The second-order valence-electron chi connectivity index (χ2n) is 8.72. The summed E-state index contributed by atoms with van der Waals surface area (Å²) in [6, 6.07) is 16.1. The lowest BCUT2D eigenvalue weighted by Gasteiger charge is -2.28. The zero-order valence-corrected chi connectivity index (χ0v) is 19.2. The minimum Gasteiger partial charge on any atom is -0.368 e. The molecule has 172 valence electrons. The van der Waals surface area contributed by atoms with E-state index in [1.165, 1.54) is 0 Å². The van der Waals surface area contributed by atoms with Crippen LogP contribution >= 0.6 is 0 Å². The predicted molar refractivity (Wildman–Crippen MR) is 117 cm³/mol. The summed E-state index contributed by atoms with van der Waals surface area (Å²) in [5.41, 5.74) is 1.90. The Morgan fingerprint density at radius 2 is 1.75 bits per heavy atom. The Hall–Kier alpha value is -2.10. The molecule has 2 aliphatic heterocycles. The fourth-order valence-corrected chi connectivity index (χ4v) is 5.63. The summed E-state index contributed by atoms with van der Waals surface area (Å²) < 4.78 is 49.9. The third-order valence-electron chi connectivity index (χ3n) is 5.70. The fraction of sp³-hybridized carbons (Fsp3) is 0.458. The topological polar surface area (TPSA) is 88.1 Å². The Balaban J connectivity index is 1.55. The van der Waals surface area contributed by atoms with Gasteiger partial charge in [0.15, 0.2) is 21.9 Å². The summed E-state index contributed by atoms with van der Waals surface area (Å²) in [6.45, 7) is 5.70. The third kappa shape index (κ3) is 4.94. The maximum atomic E-state index is 13.0. The first-order valence-electron chi connectivity index (χ1n) is 10.6. The number of carbonyl (C=O) groups excluding carboxylic acids is 1. The van der Waals surface area contributed by atoms with Crippen LogP contribution in [0.4, 0.5) is 0 Å². The van der Waals surface area contributed by atoms with E-state index in [1.807, 2.05) is 37.3 Å². The van der Waals surface area contributed by atoms with Crippen molar-refractivity contribution in [3.63, 3.8) is 0 Å². The highest BCUT2D eigenvalue weighted by molar-refractivity contribution is 7.91. The van der Waals surface area contributed by atoms with Crippen LogP contribution in [0.5, 0.6) is 0 Å². The molecule has 2 aliphatic rings. The van der Waals surface area contributed by atoms with Crippen molar-refractivity contribution < 1.29 is 32.2 Å². The molecule has 1 unspecified atom stereocenters. The number of benzene rings is 2. The van der Waals surface area contributed by atoms with E-state index in [1.54, 1.807) is 38.1 Å². The number of hydrogen-bond donors (Lipinski definition) is 0. The maximum absolute atomic E-state index is 13.0. The van der Waals surface area contributed by atoms with Crippen molar-refractivity contribution in [2.24, 2.45) is 5.92 Å². The van der Waals surface area contributed by atoms with Gasteiger partial charge >= 0.3 is 0 Å². The molecule has 0 aromatic heterocycles. The molecule has 7 nitrogen and oxygen atoms in total. The molecule has 5 atom stereocenters. The number of aryl methyl sites for hydroxylation is 1. The van der Waals surface area contributed by atoms with Gasteiger partial charge in [-0.15, -0.1) is 0 Å². The van der Waals surface area contributed by atoms with Gasteiger partial charge in [0.05, 0.1) is 23.2 Å². The van der Waals surface area contributed by atoms with Crippen LogP contribution in [0.15, 0.2) is 59.5 Å². The van der Waals surface area contributed by atoms with Crippen LogP contribution in [-0.2, 0) is 40.2 Å². The molecule has 2 saturated heterocycles. The normalized spacial score (nSPS) is 27.7. The average molecular weight is 461 g/mol. The largest absolute Gasteiger partial charge is 0.368 e. The Kier molecular flexibility index (Phi) is 6.51. The summed E-state index contributed by atoms with van der Waals surface area (Å²) in [5, 5.41) is 0. The SMILES string of the molecule is Cc1ccc(S(=O)(=O)CC(C=O)[C@H]2O[C@@H]3OC(C)(C)O[C@@H]3[C@H]2OCc2ccccc2)cc1. The summed E-state index contributed by atoms with van der Waals surface area (Å²) in [5.74, 6) is -2.19. The zero-order valence-electron chi connectivity index (χ0n) is 18.3. The molecular formula is C24H28O7S. The molecule has 8 heteroatoms. The molecule has 0 radical (unpaired) electrons. The van der Waals surface area contributed by atoms with E-state index in [2.05, 4.69) is 0 Å². The van der Waals surface area contributed by atoms with Gasteiger partial charge in [0.2, 0.25) is 0 Å². The van der Waals surface area contributed by atoms with Crippen LogP contribution in [0.1, 0.15) is 25.0 Å². The van der Waals surface area contributed by atoms with Crippen LogP contribution in [0.3, 0.4) is 0 Å². The van der Waals surface area contributed by atoms with Gasteiger partial charge in [-0.05, 0) is 38.5 Å². The second kappa shape index (κ2) is 9.03. The number of carbonyl (C=O) groups is 1. The van der Waals surface area contributed by atoms with Gasteiger partial charge < -0.3 is 23.7 Å². The van der Waals surface area contributed by atoms with E-state index in [0.717, 1.165) is 11.1 Å². The van der Waals surface area contributed by atoms with Crippen molar-refractivity contribution in [2.75, 3.05) is 5.75 Å². The summed E-state index contributed by atoms with van der Waals surface area (Å²) in [4.78, 5) is 12.2. The van der Waals surface area contributed by atoms with Crippen LogP contribution in [-0.4, -0.2) is 50.8 Å². The molecule has 2 fully saturated rings. The molecule has 0 bridgehead atoms. The van der Waals surface area contributed by atoms with Crippen molar-refractivity contribution in [3.05, 3.63) is 65.7 Å². The van der Waals surface area contributed by atoms with Crippen molar-refractivity contribution in [1.82, 2.24) is 0 Å². The standard InChI is InChI=1S/C24H28O7S/c1-16-9-11-19(12-10-16)32(26,27)15-18(13-25)20-21(28-14-17-7-5-4-6-8-17)22-23(29-20)31-24(2,3)30-22/h4-13,18,20-23H,14-15H2,1-3H3/t18?,20-,21+,22-,23-/m1/s1. The molecule has 32 heavy (non-hydrogen) atoms. The molecule has 0 spiro atoms. The minimum absolute atomic E-state index is 0.170. The highest BCUT2D eigenvalue weighted by Crippen LogP contribution is 2.41. The molecule has 0 aliphatic carbocycles. The van der Waals surface area contributed by atoms with Gasteiger partial charge in [-0.25, -0.2) is 8.42 Å². The lowest BCUT2D eigenvalue weighted by molar-refractivity contribution is -0.223. The second-order valence-corrected chi connectivity index (χ2v) is 10.8. The molecule has 2 heterocycles. The maximum Gasteiger partial charge on any atom is 0.190 e. The predicted octanol–water partition coefficient (Wildman–Crippen LogP) is 3.05. The Morgan fingerprint density at radius 3 is 2.41 bits per heavy atom. The van der Waals surface area contributed by atoms with Crippen molar-refractivity contribution in [3.8, 4) is 0 Å². The van der Waals surface area contributed by atoms with Crippen LogP contribution in [0, 0.1) is 12.8 Å². The quantitative estimate of drug-likeness (QED) is 0.560. The van der Waals surface area contributed by atoms with Crippen LogP contribution in [0.25, 0.3) is 0 Å². The minimum atomic E-state index is -3.71. The van der Waals surface area contributed by atoms with E-state index in [-0.39, 0.29) is 11.5 Å². The summed E-state index contributed by atoms with van der Waals surface area (Å²) >= 11 is 0. The first-order valence-corrected chi connectivity index (χ1v) is 12.3. The molecule has 0 saturated carbocycles. The zero-order chi connectivity index (χ0) is 22.9. The number of sulfone groups is 1. The third-order valence-corrected chi connectivity index (χ3v) is 7.52. The first kappa shape index (κ1) is 23.1. The molecule has 4 rings (SSSR count). The van der Waals surface area contributed by atoms with E-state index in [4.69, 9.17) is 18.9 Å². The van der Waals surface area contributed by atoms with Crippen molar-refractivity contribution in [2.45, 2.75) is 62.7 Å². The molecule has 0 N–H and O–H groups in total. The highest BCUT2D eigenvalue weighted by Gasteiger charge is 2.57. The lowest BCUT2D eigenvalue weighted by Crippen LogP contribution is -2.42. The number of rotatable bonds is 8. The first-order chi connectivity index (χ1) is 15.2. The van der Waals surface area contributed by atoms with Gasteiger partial charge in [0.25, 0.3) is 0 Å². The number of fused-ring (bicyclic) bond motifs is 1. The number of ether oxygens (including phenoxy) is 4. The Labute approximate surface area is 188 Å². The highest BCUT2D eigenvalue weighted by atomic mass is 32.2. The molecule has 2 aromatic rings. The van der Waals surface area contributed by atoms with Crippen molar-refractivity contribution >= 4 is 16.1 Å². The molecule has 0 amide bonds. The lowest BCUT2D eigenvalue weighted by atomic mass is 9.99. The Bertz CT molecular complexity index is 1030. The van der Waals surface area contributed by atoms with E-state index in [9.17, 15) is 13.2 Å². The summed E-state index contributed by atoms with van der Waals surface area (Å²) in [7, 11) is -3.71. The number of aldehydes is 1. The monoisotopic (exact) mass is 460 g/mol. The van der Waals surface area contributed by atoms with Gasteiger partial charge in [-0.2, -0.15) is 0 Å². The fourth-order valence-electron chi connectivity index (χ4n) is 4.11. The van der Waals surface area contributed by atoms with Crippen molar-refractivity contribution in [1.29, 1.82) is 0 Å². The average Bonchev–Trinajstić information content (AvgIpc) is 3.23. The smallest absolute Gasteiger partial charge is 0.190 e. The van der Waals surface area contributed by atoms with Crippen LogP contribution in [0.2, 0.25) is 0 Å². The Morgan fingerprint density at radius 1 is 1.06 bits per heavy atom. The van der Waals surface area contributed by atoms with Gasteiger partial charge in [0, 0.05) is 0 Å². The van der Waals surface area contributed by atoms with Crippen LogP contribution < -0.4 is 0 Å². The molecular weight excluding hydrogens is 432 g/mol. The summed E-state index contributed by atoms with van der Waals surface area (Å²) in [6.07, 6.45) is -2.15. The molecule has 2 aromatic carbocycles.